The molecule has 166 valence electrons. The molecule has 0 atom stereocenters. The summed E-state index contributed by atoms with van der Waals surface area (Å²) in [5, 5.41) is 3.45. The van der Waals surface area contributed by atoms with Crippen molar-refractivity contribution in [3.63, 3.8) is 0 Å². The Hall–Kier alpha value is -1.96. The second-order valence-electron chi connectivity index (χ2n) is 8.73. The van der Waals surface area contributed by atoms with Gasteiger partial charge in [0.2, 0.25) is 10.0 Å². The minimum Gasteiger partial charge on any atom is -0.351 e. The van der Waals surface area contributed by atoms with Crippen LogP contribution in [0.3, 0.4) is 0 Å². The molecule has 1 aliphatic carbocycles. The fourth-order valence-electron chi connectivity index (χ4n) is 4.41. The summed E-state index contributed by atoms with van der Waals surface area (Å²) in [5.74, 6) is 0.346. The van der Waals surface area contributed by atoms with E-state index in [4.69, 9.17) is 11.6 Å². The molecular formula is C23H28ClN3O3S. The largest absolute Gasteiger partial charge is 0.351 e. The third kappa shape index (κ3) is 4.94. The molecule has 2 heterocycles. The second kappa shape index (κ2) is 8.88. The van der Waals surface area contributed by atoms with E-state index < -0.39 is 15.4 Å². The van der Waals surface area contributed by atoms with Crippen LogP contribution in [0, 0.1) is 12.8 Å². The van der Waals surface area contributed by atoms with E-state index in [1.165, 1.54) is 0 Å². The summed E-state index contributed by atoms with van der Waals surface area (Å²) in [6.45, 7) is 3.27. The highest BCUT2D eigenvalue weighted by Gasteiger charge is 2.42. The van der Waals surface area contributed by atoms with Gasteiger partial charge in [0.25, 0.3) is 5.91 Å². The highest BCUT2D eigenvalue weighted by molar-refractivity contribution is 7.89. The lowest BCUT2D eigenvalue weighted by Gasteiger charge is -2.41. The number of hydrogen-bond acceptors (Lipinski definition) is 4. The number of nitrogens with zero attached hydrogens (tertiary/aromatic N) is 2. The first-order chi connectivity index (χ1) is 14.8. The van der Waals surface area contributed by atoms with Crippen LogP contribution in [0.5, 0.6) is 0 Å². The number of nitrogens with one attached hydrogen (secondary N) is 1. The lowest BCUT2D eigenvalue weighted by molar-refractivity contribution is 0.0932. The van der Waals surface area contributed by atoms with Crippen molar-refractivity contribution in [2.75, 3.05) is 25.4 Å². The Labute approximate surface area is 189 Å². The monoisotopic (exact) mass is 461 g/mol. The Balaban J connectivity index is 1.53. The van der Waals surface area contributed by atoms with Crippen LogP contribution in [0.1, 0.15) is 47.3 Å². The first-order valence-electron chi connectivity index (χ1n) is 10.7. The third-order valence-corrected chi connectivity index (χ3v) is 8.81. The van der Waals surface area contributed by atoms with Gasteiger partial charge in [-0.15, -0.1) is 0 Å². The van der Waals surface area contributed by atoms with Crippen molar-refractivity contribution in [3.8, 4) is 0 Å². The molecule has 8 heteroatoms. The van der Waals surface area contributed by atoms with Crippen LogP contribution in [0.4, 0.5) is 0 Å². The highest BCUT2D eigenvalue weighted by Crippen LogP contribution is 2.38. The molecule has 31 heavy (non-hydrogen) atoms. The van der Waals surface area contributed by atoms with Gasteiger partial charge >= 0.3 is 0 Å². The maximum Gasteiger partial charge on any atom is 0.252 e. The first kappa shape index (κ1) is 22.2. The number of sulfonamides is 1. The molecule has 1 amide bonds. The Morgan fingerprint density at radius 2 is 1.90 bits per heavy atom. The maximum atomic E-state index is 12.8. The number of hydrogen-bond donors (Lipinski definition) is 1. The Bertz CT molecular complexity index is 1060. The van der Waals surface area contributed by atoms with Crippen LogP contribution in [-0.4, -0.2) is 49.0 Å². The van der Waals surface area contributed by atoms with E-state index in [2.05, 4.69) is 10.3 Å². The molecule has 2 aliphatic rings. The highest BCUT2D eigenvalue weighted by atomic mass is 35.5. The van der Waals surface area contributed by atoms with Crippen molar-refractivity contribution in [2.24, 2.45) is 5.92 Å². The maximum absolute atomic E-state index is 12.8. The van der Waals surface area contributed by atoms with Gasteiger partial charge in [-0.05, 0) is 62.3 Å². The van der Waals surface area contributed by atoms with Gasteiger partial charge < -0.3 is 5.32 Å². The quantitative estimate of drug-likeness (QED) is 0.683. The SMILES string of the molecule is Cc1cccnc1C1(CNC(=O)c2ccccc2Cl)CCN(S(=O)(=O)CC2CC2)CC1. The third-order valence-electron chi connectivity index (χ3n) is 6.43. The number of carbonyl (C=O) groups excluding carboxylic acids is 1. The van der Waals surface area contributed by atoms with Crippen molar-refractivity contribution in [2.45, 2.75) is 38.0 Å². The van der Waals surface area contributed by atoms with Gasteiger partial charge in [0.05, 0.1) is 22.0 Å². The fraction of sp³-hybridized carbons (Fsp3) is 0.478. The topological polar surface area (TPSA) is 79.4 Å². The zero-order valence-electron chi connectivity index (χ0n) is 17.7. The van der Waals surface area contributed by atoms with Gasteiger partial charge in [-0.2, -0.15) is 0 Å². The minimum atomic E-state index is -3.23. The van der Waals surface area contributed by atoms with Crippen LogP contribution in [-0.2, 0) is 15.4 Å². The summed E-state index contributed by atoms with van der Waals surface area (Å²) >= 11 is 6.19. The van der Waals surface area contributed by atoms with Crippen molar-refractivity contribution in [3.05, 3.63) is 64.4 Å². The van der Waals surface area contributed by atoms with E-state index >= 15 is 0 Å². The van der Waals surface area contributed by atoms with Gasteiger partial charge in [0, 0.05) is 31.2 Å². The van der Waals surface area contributed by atoms with Gasteiger partial charge in [-0.25, -0.2) is 12.7 Å². The molecule has 4 rings (SSSR count). The molecule has 1 aliphatic heterocycles. The zero-order chi connectivity index (χ0) is 22.1. The standard InChI is InChI=1S/C23H28ClN3O3S/c1-17-5-4-12-25-21(17)23(16-26-22(28)19-6-2-3-7-20(19)24)10-13-27(14-11-23)31(29,30)15-18-8-9-18/h2-7,12,18H,8-11,13-16H2,1H3,(H,26,28). The lowest BCUT2D eigenvalue weighted by atomic mass is 9.74. The number of halogens is 1. The van der Waals surface area contributed by atoms with Crippen molar-refractivity contribution < 1.29 is 13.2 Å². The summed E-state index contributed by atoms with van der Waals surface area (Å²) in [6, 6.07) is 10.9. The normalized spacial score (nSPS) is 19.2. The zero-order valence-corrected chi connectivity index (χ0v) is 19.3. The number of carbonyl (C=O) groups is 1. The Kier molecular flexibility index (Phi) is 6.37. The number of rotatable bonds is 7. The van der Waals surface area contributed by atoms with Gasteiger partial charge in [0.15, 0.2) is 0 Å². The second-order valence-corrected chi connectivity index (χ2v) is 11.2. The van der Waals surface area contributed by atoms with Gasteiger partial charge in [-0.3, -0.25) is 9.78 Å². The number of amides is 1. The van der Waals surface area contributed by atoms with E-state index in [-0.39, 0.29) is 11.7 Å². The molecule has 2 aromatic rings. The molecule has 0 spiro atoms. The van der Waals surface area contributed by atoms with E-state index in [0.717, 1.165) is 24.1 Å². The summed E-state index contributed by atoms with van der Waals surface area (Å²) in [7, 11) is -3.23. The number of aryl methyl sites for hydroxylation is 1. The van der Waals surface area contributed by atoms with Gasteiger partial charge in [0.1, 0.15) is 0 Å². The van der Waals surface area contributed by atoms with Crippen LogP contribution < -0.4 is 5.32 Å². The van der Waals surface area contributed by atoms with Crippen molar-refractivity contribution in [1.29, 1.82) is 0 Å². The van der Waals surface area contributed by atoms with Crippen molar-refractivity contribution >= 4 is 27.5 Å². The van der Waals surface area contributed by atoms with Crippen LogP contribution >= 0.6 is 11.6 Å². The summed E-state index contributed by atoms with van der Waals surface area (Å²) < 4.78 is 27.2. The molecule has 1 N–H and O–H groups in total. The first-order valence-corrected chi connectivity index (χ1v) is 12.7. The molecule has 1 aromatic heterocycles. The molecular weight excluding hydrogens is 434 g/mol. The molecule has 6 nitrogen and oxygen atoms in total. The number of benzene rings is 1. The number of pyridine rings is 1. The predicted octanol–water partition coefficient (Wildman–Crippen LogP) is 3.55. The van der Waals surface area contributed by atoms with Crippen LogP contribution in [0.15, 0.2) is 42.6 Å². The van der Waals surface area contributed by atoms with E-state index in [1.807, 2.05) is 19.1 Å². The summed E-state index contributed by atoms with van der Waals surface area (Å²) in [6.07, 6.45) is 5.00. The molecule has 0 unspecified atom stereocenters. The Morgan fingerprint density at radius 3 is 2.55 bits per heavy atom. The average Bonchev–Trinajstić information content (AvgIpc) is 3.56. The Morgan fingerprint density at radius 1 is 1.19 bits per heavy atom. The number of piperidine rings is 1. The average molecular weight is 462 g/mol. The van der Waals surface area contributed by atoms with E-state index in [1.54, 1.807) is 34.8 Å². The molecule has 1 saturated carbocycles. The van der Waals surface area contributed by atoms with E-state index in [0.29, 0.717) is 49.0 Å². The fourth-order valence-corrected chi connectivity index (χ4v) is 6.51. The molecule has 1 aromatic carbocycles. The van der Waals surface area contributed by atoms with E-state index in [9.17, 15) is 13.2 Å². The summed E-state index contributed by atoms with van der Waals surface area (Å²) in [4.78, 5) is 17.4. The summed E-state index contributed by atoms with van der Waals surface area (Å²) in [5.41, 5.74) is 1.98. The molecule has 1 saturated heterocycles. The van der Waals surface area contributed by atoms with Crippen LogP contribution in [0.2, 0.25) is 5.02 Å². The minimum absolute atomic E-state index is 0.234. The predicted molar refractivity (Wildman–Crippen MR) is 122 cm³/mol. The van der Waals surface area contributed by atoms with Crippen LogP contribution in [0.25, 0.3) is 0 Å². The molecule has 0 bridgehead atoms. The molecule has 0 radical (unpaired) electrons. The van der Waals surface area contributed by atoms with Crippen molar-refractivity contribution in [1.82, 2.24) is 14.6 Å². The van der Waals surface area contributed by atoms with Gasteiger partial charge in [-0.1, -0.05) is 29.8 Å². The smallest absolute Gasteiger partial charge is 0.252 e. The molecule has 2 fully saturated rings. The lowest BCUT2D eigenvalue weighted by Crippen LogP contribution is -2.51. The number of aromatic nitrogens is 1.